The van der Waals surface area contributed by atoms with Crippen molar-refractivity contribution >= 4 is 27.3 Å². The number of nitrogens with zero attached hydrogens (tertiary/aromatic N) is 1. The van der Waals surface area contributed by atoms with Gasteiger partial charge in [0, 0.05) is 24.0 Å². The van der Waals surface area contributed by atoms with Crippen LogP contribution in [0.25, 0.3) is 0 Å². The summed E-state index contributed by atoms with van der Waals surface area (Å²) in [6.07, 6.45) is 3.44. The summed E-state index contributed by atoms with van der Waals surface area (Å²) in [5, 5.41) is 5.80. The lowest BCUT2D eigenvalue weighted by Gasteiger charge is -2.17. The quantitative estimate of drug-likeness (QED) is 0.847. The molecule has 20 heavy (non-hydrogen) atoms. The van der Waals surface area contributed by atoms with Crippen LogP contribution >= 0.6 is 0 Å². The minimum absolute atomic E-state index is 0.119. The van der Waals surface area contributed by atoms with Crippen molar-refractivity contribution in [3.05, 3.63) is 35.5 Å². The zero-order valence-electron chi connectivity index (χ0n) is 11.0. The molecule has 0 fully saturated rings. The Morgan fingerprint density at radius 2 is 2.15 bits per heavy atom. The molecule has 2 aliphatic heterocycles. The minimum Gasteiger partial charge on any atom is -0.357 e. The molecular weight excluding hydrogens is 278 g/mol. The van der Waals surface area contributed by atoms with Crippen LogP contribution in [0.2, 0.25) is 0 Å². The largest absolute Gasteiger partial charge is 0.357 e. The van der Waals surface area contributed by atoms with E-state index in [9.17, 15) is 13.2 Å². The second kappa shape index (κ2) is 4.52. The Bertz CT molecular complexity index is 710. The third-order valence-corrected chi connectivity index (χ3v) is 4.58. The van der Waals surface area contributed by atoms with Crippen molar-refractivity contribution in [1.82, 2.24) is 5.32 Å². The predicted octanol–water partition coefficient (Wildman–Crippen LogP) is 0.434. The van der Waals surface area contributed by atoms with Crippen LogP contribution in [-0.4, -0.2) is 33.7 Å². The maximum atomic E-state index is 11.7. The summed E-state index contributed by atoms with van der Waals surface area (Å²) < 4.78 is 24.9. The number of sulfonamides is 1. The Morgan fingerprint density at radius 3 is 2.80 bits per heavy atom. The van der Waals surface area contributed by atoms with Crippen LogP contribution in [0.3, 0.4) is 0 Å². The number of carbonyl (C=O) groups excluding carboxylic acids is 1. The summed E-state index contributed by atoms with van der Waals surface area (Å²) >= 11 is 0. The van der Waals surface area contributed by atoms with Crippen LogP contribution in [-0.2, 0) is 21.2 Å². The predicted molar refractivity (Wildman–Crippen MR) is 77.1 cm³/mol. The number of benzene rings is 1. The fraction of sp³-hybridized carbons (Fsp3) is 0.308. The molecule has 2 aliphatic rings. The van der Waals surface area contributed by atoms with Crippen molar-refractivity contribution in [2.24, 2.45) is 0 Å². The number of rotatable bonds is 3. The maximum Gasteiger partial charge on any atom is 0.246 e. The Labute approximate surface area is 117 Å². The first kappa shape index (κ1) is 13.0. The first-order valence-corrected chi connectivity index (χ1v) is 8.14. The Kier molecular flexibility index (Phi) is 2.93. The molecule has 7 heteroatoms. The van der Waals surface area contributed by atoms with E-state index < -0.39 is 10.0 Å². The van der Waals surface area contributed by atoms with E-state index in [-0.39, 0.29) is 5.91 Å². The zero-order chi connectivity index (χ0) is 14.3. The minimum atomic E-state index is -3.24. The molecule has 1 aromatic rings. The van der Waals surface area contributed by atoms with Gasteiger partial charge in [0.05, 0.1) is 18.5 Å². The van der Waals surface area contributed by atoms with E-state index in [0.717, 1.165) is 29.1 Å². The van der Waals surface area contributed by atoms with Gasteiger partial charge in [0.2, 0.25) is 15.9 Å². The number of fused-ring (bicyclic) bond motifs is 1. The highest BCUT2D eigenvalue weighted by molar-refractivity contribution is 7.92. The van der Waals surface area contributed by atoms with Gasteiger partial charge in [-0.05, 0) is 24.1 Å². The SMILES string of the molecule is CS(=O)(=O)N1CCc2ccc(NC3=CC(=O)NC3)cc21. The molecule has 3 rings (SSSR count). The molecule has 1 aromatic carbocycles. The van der Waals surface area contributed by atoms with Gasteiger partial charge in [0.25, 0.3) is 0 Å². The van der Waals surface area contributed by atoms with Crippen molar-refractivity contribution < 1.29 is 13.2 Å². The summed E-state index contributed by atoms with van der Waals surface area (Å²) in [5.74, 6) is -0.119. The van der Waals surface area contributed by atoms with Crippen LogP contribution in [0.4, 0.5) is 11.4 Å². The highest BCUT2D eigenvalue weighted by atomic mass is 32.2. The summed E-state index contributed by atoms with van der Waals surface area (Å²) in [4.78, 5) is 11.1. The van der Waals surface area contributed by atoms with Crippen molar-refractivity contribution in [2.45, 2.75) is 6.42 Å². The normalized spacial score (nSPS) is 17.8. The second-order valence-electron chi connectivity index (χ2n) is 4.94. The Balaban J connectivity index is 1.89. The lowest BCUT2D eigenvalue weighted by molar-refractivity contribution is -0.115. The topological polar surface area (TPSA) is 78.5 Å². The molecule has 6 nitrogen and oxygen atoms in total. The van der Waals surface area contributed by atoms with Crippen LogP contribution in [0.1, 0.15) is 5.56 Å². The van der Waals surface area contributed by atoms with E-state index in [4.69, 9.17) is 0 Å². The number of anilines is 2. The first-order chi connectivity index (χ1) is 9.43. The van der Waals surface area contributed by atoms with Crippen LogP contribution in [0.15, 0.2) is 30.0 Å². The molecule has 2 heterocycles. The Morgan fingerprint density at radius 1 is 1.35 bits per heavy atom. The lowest BCUT2D eigenvalue weighted by Crippen LogP contribution is -2.27. The highest BCUT2D eigenvalue weighted by Gasteiger charge is 2.26. The lowest BCUT2D eigenvalue weighted by atomic mass is 10.1. The zero-order valence-corrected chi connectivity index (χ0v) is 11.8. The summed E-state index contributed by atoms with van der Waals surface area (Å²) in [6.45, 7) is 0.950. The van der Waals surface area contributed by atoms with Crippen LogP contribution < -0.4 is 14.9 Å². The van der Waals surface area contributed by atoms with Gasteiger partial charge in [0.1, 0.15) is 0 Å². The highest BCUT2D eigenvalue weighted by Crippen LogP contribution is 2.32. The van der Waals surface area contributed by atoms with Gasteiger partial charge in [-0.1, -0.05) is 6.07 Å². The smallest absolute Gasteiger partial charge is 0.246 e. The second-order valence-corrected chi connectivity index (χ2v) is 6.85. The van der Waals surface area contributed by atoms with E-state index in [1.807, 2.05) is 18.2 Å². The monoisotopic (exact) mass is 293 g/mol. The van der Waals surface area contributed by atoms with E-state index >= 15 is 0 Å². The fourth-order valence-corrected chi connectivity index (χ4v) is 3.43. The number of hydrogen-bond donors (Lipinski definition) is 2. The molecule has 106 valence electrons. The molecule has 0 spiro atoms. The van der Waals surface area contributed by atoms with Crippen molar-refractivity contribution in [2.75, 3.05) is 29.0 Å². The Hall–Kier alpha value is -2.02. The van der Waals surface area contributed by atoms with Crippen LogP contribution in [0, 0.1) is 0 Å². The third-order valence-electron chi connectivity index (χ3n) is 3.40. The fourth-order valence-electron chi connectivity index (χ4n) is 2.48. The summed E-state index contributed by atoms with van der Waals surface area (Å²) in [7, 11) is -3.24. The molecule has 0 bridgehead atoms. The van der Waals surface area contributed by atoms with Gasteiger partial charge in [-0.15, -0.1) is 0 Å². The van der Waals surface area contributed by atoms with Gasteiger partial charge in [-0.3, -0.25) is 9.10 Å². The molecule has 0 aliphatic carbocycles. The molecule has 0 atom stereocenters. The molecule has 1 amide bonds. The van der Waals surface area contributed by atoms with Gasteiger partial charge in [0.15, 0.2) is 0 Å². The molecule has 0 saturated heterocycles. The van der Waals surface area contributed by atoms with E-state index in [1.165, 1.54) is 16.6 Å². The number of nitrogens with one attached hydrogen (secondary N) is 2. The van der Waals surface area contributed by atoms with Gasteiger partial charge in [-0.2, -0.15) is 0 Å². The van der Waals surface area contributed by atoms with E-state index in [1.54, 1.807) is 0 Å². The molecule has 0 unspecified atom stereocenters. The molecule has 2 N–H and O–H groups in total. The standard InChI is InChI=1S/C13H15N3O3S/c1-20(18,19)16-5-4-9-2-3-10(6-12(9)16)15-11-7-13(17)14-8-11/h2-3,6-7,15H,4-5,8H2,1H3,(H,14,17). The molecular formula is C13H15N3O3S. The maximum absolute atomic E-state index is 11.7. The summed E-state index contributed by atoms with van der Waals surface area (Å²) in [6, 6.07) is 5.63. The van der Waals surface area contributed by atoms with Gasteiger partial charge >= 0.3 is 0 Å². The average Bonchev–Trinajstić information content (AvgIpc) is 2.94. The van der Waals surface area contributed by atoms with Gasteiger partial charge < -0.3 is 10.6 Å². The number of hydrogen-bond acceptors (Lipinski definition) is 4. The number of carbonyl (C=O) groups is 1. The summed E-state index contributed by atoms with van der Waals surface area (Å²) in [5.41, 5.74) is 3.30. The molecule has 0 radical (unpaired) electrons. The average molecular weight is 293 g/mol. The van der Waals surface area contributed by atoms with Gasteiger partial charge in [-0.25, -0.2) is 8.42 Å². The van der Waals surface area contributed by atoms with E-state index in [0.29, 0.717) is 13.1 Å². The molecule has 0 aromatic heterocycles. The van der Waals surface area contributed by atoms with Crippen molar-refractivity contribution in [1.29, 1.82) is 0 Å². The van der Waals surface area contributed by atoms with Crippen molar-refractivity contribution in [3.63, 3.8) is 0 Å². The first-order valence-electron chi connectivity index (χ1n) is 6.29. The van der Waals surface area contributed by atoms with Crippen molar-refractivity contribution in [3.8, 4) is 0 Å². The van der Waals surface area contributed by atoms with E-state index in [2.05, 4.69) is 10.6 Å². The van der Waals surface area contributed by atoms with Crippen LogP contribution in [0.5, 0.6) is 0 Å². The molecule has 0 saturated carbocycles. The number of amides is 1. The third kappa shape index (κ3) is 2.36.